The average Bonchev–Trinajstić information content (AvgIpc) is 2.29. The van der Waals surface area contributed by atoms with Crippen LogP contribution in [0.5, 0.6) is 0 Å². The monoisotopic (exact) mass is 234 g/mol. The Balaban J connectivity index is 2.12. The van der Waals surface area contributed by atoms with E-state index < -0.39 is 0 Å². The molecule has 0 atom stereocenters. The molecule has 0 unspecified atom stereocenters. The van der Waals surface area contributed by atoms with Gasteiger partial charge in [-0.3, -0.25) is 4.79 Å². The van der Waals surface area contributed by atoms with E-state index in [1.54, 1.807) is 12.1 Å². The van der Waals surface area contributed by atoms with Gasteiger partial charge in [-0.15, -0.1) is 0 Å². The number of amides is 1. The Morgan fingerprint density at radius 1 is 1.41 bits per heavy atom. The summed E-state index contributed by atoms with van der Waals surface area (Å²) in [6, 6.07) is 7.27. The molecule has 2 rings (SSSR count). The molecule has 1 amide bonds. The fraction of sp³-hybridized carbons (Fsp3) is 0.462. The summed E-state index contributed by atoms with van der Waals surface area (Å²) in [6.45, 7) is 0.312. The SMILES string of the molecule is NCC1(C(=O)Nc2ccccc2CO)CCC1. The number of aliphatic hydroxyl groups excluding tert-OH is 1. The van der Waals surface area contributed by atoms with E-state index >= 15 is 0 Å². The van der Waals surface area contributed by atoms with E-state index in [0.717, 1.165) is 24.8 Å². The third-order valence-corrected chi connectivity index (χ3v) is 3.62. The van der Waals surface area contributed by atoms with Crippen molar-refractivity contribution in [1.29, 1.82) is 0 Å². The zero-order valence-corrected chi connectivity index (χ0v) is 9.78. The maximum atomic E-state index is 12.1. The third kappa shape index (κ3) is 2.18. The molecule has 0 saturated heterocycles. The molecule has 0 heterocycles. The third-order valence-electron chi connectivity index (χ3n) is 3.62. The van der Waals surface area contributed by atoms with Crippen molar-refractivity contribution >= 4 is 11.6 Å². The van der Waals surface area contributed by atoms with Gasteiger partial charge in [0, 0.05) is 17.8 Å². The molecule has 4 heteroatoms. The zero-order valence-electron chi connectivity index (χ0n) is 9.78. The lowest BCUT2D eigenvalue weighted by Gasteiger charge is -2.39. The molecule has 92 valence electrons. The molecule has 4 nitrogen and oxygen atoms in total. The highest BCUT2D eigenvalue weighted by Crippen LogP contribution is 2.40. The minimum atomic E-state index is -0.386. The number of rotatable bonds is 4. The second-order valence-electron chi connectivity index (χ2n) is 4.61. The van der Waals surface area contributed by atoms with Crippen molar-refractivity contribution in [3.8, 4) is 0 Å². The van der Waals surface area contributed by atoms with E-state index in [-0.39, 0.29) is 17.9 Å². The summed E-state index contributed by atoms with van der Waals surface area (Å²) in [4.78, 5) is 12.1. The van der Waals surface area contributed by atoms with E-state index in [0.29, 0.717) is 12.2 Å². The maximum absolute atomic E-state index is 12.1. The van der Waals surface area contributed by atoms with E-state index in [2.05, 4.69) is 5.32 Å². The van der Waals surface area contributed by atoms with Crippen LogP contribution < -0.4 is 11.1 Å². The fourth-order valence-electron chi connectivity index (χ4n) is 2.16. The Hall–Kier alpha value is -1.39. The largest absolute Gasteiger partial charge is 0.392 e. The number of benzene rings is 1. The van der Waals surface area contributed by atoms with Crippen LogP contribution in [0.25, 0.3) is 0 Å². The number of hydrogen-bond donors (Lipinski definition) is 3. The van der Waals surface area contributed by atoms with Gasteiger partial charge < -0.3 is 16.2 Å². The Morgan fingerprint density at radius 2 is 2.12 bits per heavy atom. The second kappa shape index (κ2) is 4.85. The first-order valence-electron chi connectivity index (χ1n) is 5.92. The maximum Gasteiger partial charge on any atom is 0.231 e. The van der Waals surface area contributed by atoms with Gasteiger partial charge in [-0.05, 0) is 18.9 Å². The Morgan fingerprint density at radius 3 is 2.65 bits per heavy atom. The minimum absolute atomic E-state index is 0.0212. The minimum Gasteiger partial charge on any atom is -0.392 e. The number of hydrogen-bond acceptors (Lipinski definition) is 3. The molecule has 0 radical (unpaired) electrons. The Bertz CT molecular complexity index is 408. The van der Waals surface area contributed by atoms with Crippen LogP contribution in [0.15, 0.2) is 24.3 Å². The molecular weight excluding hydrogens is 216 g/mol. The summed E-state index contributed by atoms with van der Waals surface area (Å²) < 4.78 is 0. The quantitative estimate of drug-likeness (QED) is 0.733. The highest BCUT2D eigenvalue weighted by Gasteiger charge is 2.42. The molecular formula is C13H18N2O2. The Labute approximate surface area is 101 Å². The van der Waals surface area contributed by atoms with Gasteiger partial charge in [-0.1, -0.05) is 24.6 Å². The van der Waals surface area contributed by atoms with Crippen molar-refractivity contribution in [2.24, 2.45) is 11.1 Å². The van der Waals surface area contributed by atoms with Gasteiger partial charge in [0.25, 0.3) is 0 Å². The summed E-state index contributed by atoms with van der Waals surface area (Å²) >= 11 is 0. The van der Waals surface area contributed by atoms with Crippen LogP contribution in [0.2, 0.25) is 0 Å². The number of carbonyl (C=O) groups excluding carboxylic acids is 1. The normalized spacial score (nSPS) is 17.3. The van der Waals surface area contributed by atoms with Crippen molar-refractivity contribution < 1.29 is 9.90 Å². The highest BCUT2D eigenvalue weighted by atomic mass is 16.3. The van der Waals surface area contributed by atoms with Crippen LogP contribution in [0.4, 0.5) is 5.69 Å². The number of nitrogens with one attached hydrogen (secondary N) is 1. The fourth-order valence-corrected chi connectivity index (χ4v) is 2.16. The van der Waals surface area contributed by atoms with Crippen LogP contribution in [0.3, 0.4) is 0 Å². The second-order valence-corrected chi connectivity index (χ2v) is 4.61. The summed E-state index contributed by atoms with van der Waals surface area (Å²) in [5.74, 6) is -0.0212. The molecule has 0 bridgehead atoms. The highest BCUT2D eigenvalue weighted by molar-refractivity contribution is 5.96. The van der Waals surface area contributed by atoms with Gasteiger partial charge in [0.1, 0.15) is 0 Å². The lowest BCUT2D eigenvalue weighted by atomic mass is 9.68. The molecule has 0 aliphatic heterocycles. The summed E-state index contributed by atoms with van der Waals surface area (Å²) in [6.07, 6.45) is 2.78. The first-order chi connectivity index (χ1) is 8.22. The van der Waals surface area contributed by atoms with Gasteiger partial charge in [0.15, 0.2) is 0 Å². The van der Waals surface area contributed by atoms with Crippen LogP contribution in [0, 0.1) is 5.41 Å². The molecule has 0 aromatic heterocycles. The van der Waals surface area contributed by atoms with Gasteiger partial charge >= 0.3 is 0 Å². The van der Waals surface area contributed by atoms with E-state index in [9.17, 15) is 9.90 Å². The van der Waals surface area contributed by atoms with Gasteiger partial charge in [0.05, 0.1) is 12.0 Å². The van der Waals surface area contributed by atoms with E-state index in [4.69, 9.17) is 5.73 Å². The topological polar surface area (TPSA) is 75.4 Å². The predicted octanol–water partition coefficient (Wildman–Crippen LogP) is 1.25. The van der Waals surface area contributed by atoms with Crippen molar-refractivity contribution in [3.05, 3.63) is 29.8 Å². The first kappa shape index (κ1) is 12.1. The van der Waals surface area contributed by atoms with Gasteiger partial charge in [0.2, 0.25) is 5.91 Å². The first-order valence-corrected chi connectivity index (χ1v) is 5.92. The smallest absolute Gasteiger partial charge is 0.231 e. The zero-order chi connectivity index (χ0) is 12.3. The van der Waals surface area contributed by atoms with Crippen LogP contribution >= 0.6 is 0 Å². The van der Waals surface area contributed by atoms with Crippen molar-refractivity contribution in [1.82, 2.24) is 0 Å². The standard InChI is InChI=1S/C13H18N2O2/c14-9-13(6-3-7-13)12(17)15-11-5-2-1-4-10(11)8-16/h1-2,4-5,16H,3,6-9,14H2,(H,15,17). The van der Waals surface area contributed by atoms with Crippen LogP contribution in [-0.2, 0) is 11.4 Å². The summed E-state index contributed by atoms with van der Waals surface area (Å²) in [7, 11) is 0. The number of para-hydroxylation sites is 1. The number of aliphatic hydroxyl groups is 1. The molecule has 1 aliphatic rings. The molecule has 1 aromatic rings. The van der Waals surface area contributed by atoms with Crippen LogP contribution in [-0.4, -0.2) is 17.6 Å². The number of anilines is 1. The Kier molecular flexibility index (Phi) is 3.45. The van der Waals surface area contributed by atoms with E-state index in [1.807, 2.05) is 12.1 Å². The predicted molar refractivity (Wildman–Crippen MR) is 66.3 cm³/mol. The van der Waals surface area contributed by atoms with Crippen LogP contribution in [0.1, 0.15) is 24.8 Å². The number of nitrogens with two attached hydrogens (primary N) is 1. The van der Waals surface area contributed by atoms with Gasteiger partial charge in [-0.2, -0.15) is 0 Å². The summed E-state index contributed by atoms with van der Waals surface area (Å²) in [5.41, 5.74) is 6.71. The number of carbonyl (C=O) groups is 1. The molecule has 0 spiro atoms. The molecule has 1 saturated carbocycles. The molecule has 4 N–H and O–H groups in total. The van der Waals surface area contributed by atoms with Crippen molar-refractivity contribution in [2.45, 2.75) is 25.9 Å². The average molecular weight is 234 g/mol. The van der Waals surface area contributed by atoms with Gasteiger partial charge in [-0.25, -0.2) is 0 Å². The molecule has 1 aliphatic carbocycles. The van der Waals surface area contributed by atoms with Crippen molar-refractivity contribution in [3.63, 3.8) is 0 Å². The summed E-state index contributed by atoms with van der Waals surface area (Å²) in [5, 5.41) is 12.1. The molecule has 17 heavy (non-hydrogen) atoms. The lowest BCUT2D eigenvalue weighted by molar-refractivity contribution is -0.129. The van der Waals surface area contributed by atoms with E-state index in [1.165, 1.54) is 0 Å². The molecule has 1 fully saturated rings. The molecule has 1 aromatic carbocycles. The van der Waals surface area contributed by atoms with Crippen molar-refractivity contribution in [2.75, 3.05) is 11.9 Å². The lowest BCUT2D eigenvalue weighted by Crippen LogP contribution is -2.47.